The minimum absolute atomic E-state index is 0.000198. The molecule has 8 heteroatoms. The van der Waals surface area contributed by atoms with Crippen LogP contribution in [0.1, 0.15) is 41.4 Å². The monoisotopic (exact) mass is 421 g/mol. The molecule has 0 bridgehead atoms. The van der Waals surface area contributed by atoms with Crippen LogP contribution >= 0.6 is 0 Å². The molecule has 2 aromatic heterocycles. The molecule has 0 N–H and O–H groups in total. The molecule has 1 aromatic carbocycles. The van der Waals surface area contributed by atoms with Crippen molar-refractivity contribution in [2.75, 3.05) is 14.2 Å². The molecule has 0 aliphatic heterocycles. The van der Waals surface area contributed by atoms with Crippen LogP contribution in [0.3, 0.4) is 0 Å². The van der Waals surface area contributed by atoms with Crippen LogP contribution in [0, 0.1) is 0 Å². The summed E-state index contributed by atoms with van der Waals surface area (Å²) in [5.74, 6) is 0.193. The first-order valence-electron chi connectivity index (χ1n) is 9.60. The molecular weight excluding hydrogens is 398 g/mol. The number of hydrogen-bond donors (Lipinski definition) is 0. The number of carbonyl (C=O) groups excluding carboxylic acids is 2. The number of rotatable bonds is 7. The minimum Gasteiger partial charge on any atom is -0.493 e. The predicted molar refractivity (Wildman–Crippen MR) is 114 cm³/mol. The number of benzene rings is 1. The summed E-state index contributed by atoms with van der Waals surface area (Å²) in [5.41, 5.74) is 1.73. The number of hydrogen-bond acceptors (Lipinski definition) is 7. The molecule has 2 heterocycles. The fourth-order valence-corrected chi connectivity index (χ4v) is 2.99. The van der Waals surface area contributed by atoms with E-state index in [-0.39, 0.29) is 11.7 Å². The van der Waals surface area contributed by atoms with Gasteiger partial charge in [-0.05, 0) is 41.8 Å². The van der Waals surface area contributed by atoms with Gasteiger partial charge in [-0.15, -0.1) is 0 Å². The van der Waals surface area contributed by atoms with E-state index in [4.69, 9.17) is 9.47 Å². The minimum atomic E-state index is -0.554. The van der Waals surface area contributed by atoms with Gasteiger partial charge in [0.1, 0.15) is 5.56 Å². The van der Waals surface area contributed by atoms with Crippen molar-refractivity contribution >= 4 is 18.0 Å². The molecule has 0 unspecified atom stereocenters. The van der Waals surface area contributed by atoms with Crippen molar-refractivity contribution in [1.82, 2.24) is 14.8 Å². The number of ether oxygens (including phenoxy) is 3. The maximum absolute atomic E-state index is 13.0. The maximum Gasteiger partial charge on any atom is 0.347 e. The van der Waals surface area contributed by atoms with Gasteiger partial charge in [0.05, 0.1) is 26.1 Å². The van der Waals surface area contributed by atoms with Crippen LogP contribution in [-0.4, -0.2) is 40.9 Å². The lowest BCUT2D eigenvalue weighted by molar-refractivity contribution is -0.134. The third kappa shape index (κ3) is 4.98. The number of carbonyl (C=O) groups is 2. The Labute approximate surface area is 180 Å². The van der Waals surface area contributed by atoms with Crippen LogP contribution in [0.15, 0.2) is 54.9 Å². The first kappa shape index (κ1) is 21.8. The molecule has 3 aromatic rings. The van der Waals surface area contributed by atoms with Gasteiger partial charge in [0.2, 0.25) is 0 Å². The second kappa shape index (κ2) is 9.71. The number of esters is 2. The Kier molecular flexibility index (Phi) is 6.81. The van der Waals surface area contributed by atoms with Gasteiger partial charge >= 0.3 is 11.9 Å². The first-order valence-corrected chi connectivity index (χ1v) is 9.60. The molecule has 0 spiro atoms. The standard InChI is InChI=1S/C23H23N3O5/c1-15(2)22-17(14-25-26(22)20-7-5-6-12-24-20)23(28)31-18-10-8-16(13-19(18)29-3)9-11-21(27)30-4/h5-15H,1-4H3/b11-9+. The number of aromatic nitrogens is 3. The molecule has 0 aliphatic rings. The third-order valence-electron chi connectivity index (χ3n) is 4.44. The van der Waals surface area contributed by atoms with Gasteiger partial charge < -0.3 is 14.2 Å². The second-order valence-corrected chi connectivity index (χ2v) is 6.85. The zero-order chi connectivity index (χ0) is 22.4. The first-order chi connectivity index (χ1) is 14.9. The normalized spacial score (nSPS) is 11.0. The van der Waals surface area contributed by atoms with Gasteiger partial charge in [-0.2, -0.15) is 5.10 Å². The van der Waals surface area contributed by atoms with Gasteiger partial charge in [-0.3, -0.25) is 0 Å². The summed E-state index contributed by atoms with van der Waals surface area (Å²) >= 11 is 0. The summed E-state index contributed by atoms with van der Waals surface area (Å²) in [4.78, 5) is 28.6. The lowest BCUT2D eigenvalue weighted by Gasteiger charge is -2.13. The quantitative estimate of drug-likeness (QED) is 0.325. The van der Waals surface area contributed by atoms with Crippen molar-refractivity contribution in [3.05, 3.63) is 71.7 Å². The van der Waals surface area contributed by atoms with E-state index in [1.807, 2.05) is 32.0 Å². The zero-order valence-electron chi connectivity index (χ0n) is 17.7. The second-order valence-electron chi connectivity index (χ2n) is 6.85. The molecule has 160 valence electrons. The van der Waals surface area contributed by atoms with Gasteiger partial charge in [-0.25, -0.2) is 19.3 Å². The Morgan fingerprint density at radius 1 is 1.10 bits per heavy atom. The van der Waals surface area contributed by atoms with Crippen molar-refractivity contribution in [2.45, 2.75) is 19.8 Å². The molecule has 0 fully saturated rings. The SMILES string of the molecule is COC(=O)/C=C/c1ccc(OC(=O)c2cnn(-c3ccccn3)c2C(C)C)c(OC)c1. The molecule has 31 heavy (non-hydrogen) atoms. The van der Waals surface area contributed by atoms with E-state index in [1.165, 1.54) is 26.5 Å². The summed E-state index contributed by atoms with van der Waals surface area (Å²) in [6.07, 6.45) is 6.02. The van der Waals surface area contributed by atoms with Crippen LogP contribution in [0.5, 0.6) is 11.5 Å². The molecule has 8 nitrogen and oxygen atoms in total. The van der Waals surface area contributed by atoms with E-state index < -0.39 is 11.9 Å². The van der Waals surface area contributed by atoms with Crippen molar-refractivity contribution < 1.29 is 23.8 Å². The molecule has 0 saturated heterocycles. The molecule has 0 amide bonds. The topological polar surface area (TPSA) is 92.5 Å². The van der Waals surface area contributed by atoms with Gasteiger partial charge in [0, 0.05) is 12.3 Å². The van der Waals surface area contributed by atoms with Crippen molar-refractivity contribution in [3.8, 4) is 17.3 Å². The molecule has 0 atom stereocenters. The molecule has 0 saturated carbocycles. The van der Waals surface area contributed by atoms with E-state index in [0.29, 0.717) is 28.4 Å². The van der Waals surface area contributed by atoms with Crippen LogP contribution in [-0.2, 0) is 9.53 Å². The summed E-state index contributed by atoms with van der Waals surface area (Å²) < 4.78 is 17.2. The Morgan fingerprint density at radius 3 is 2.55 bits per heavy atom. The van der Waals surface area contributed by atoms with Crippen LogP contribution < -0.4 is 9.47 Å². The van der Waals surface area contributed by atoms with Crippen LogP contribution in [0.25, 0.3) is 11.9 Å². The molecule has 0 radical (unpaired) electrons. The average Bonchev–Trinajstić information content (AvgIpc) is 3.24. The van der Waals surface area contributed by atoms with E-state index in [2.05, 4.69) is 14.8 Å². The van der Waals surface area contributed by atoms with Crippen LogP contribution in [0.2, 0.25) is 0 Å². The third-order valence-corrected chi connectivity index (χ3v) is 4.44. The van der Waals surface area contributed by atoms with E-state index in [0.717, 1.165) is 0 Å². The molecule has 3 rings (SSSR count). The van der Waals surface area contributed by atoms with Gasteiger partial charge in [0.15, 0.2) is 17.3 Å². The van der Waals surface area contributed by atoms with E-state index in [1.54, 1.807) is 35.2 Å². The summed E-state index contributed by atoms with van der Waals surface area (Å²) in [7, 11) is 2.77. The maximum atomic E-state index is 13.0. The zero-order valence-corrected chi connectivity index (χ0v) is 17.7. The highest BCUT2D eigenvalue weighted by atomic mass is 16.6. The highest BCUT2D eigenvalue weighted by Crippen LogP contribution is 2.30. The highest BCUT2D eigenvalue weighted by molar-refractivity contribution is 5.93. The smallest absolute Gasteiger partial charge is 0.347 e. The Balaban J connectivity index is 1.89. The molecular formula is C23H23N3O5. The largest absolute Gasteiger partial charge is 0.493 e. The van der Waals surface area contributed by atoms with Crippen molar-refractivity contribution in [3.63, 3.8) is 0 Å². The lowest BCUT2D eigenvalue weighted by atomic mass is 10.1. The lowest BCUT2D eigenvalue weighted by Crippen LogP contribution is -2.14. The van der Waals surface area contributed by atoms with E-state index in [9.17, 15) is 9.59 Å². The molecule has 0 aliphatic carbocycles. The number of pyridine rings is 1. The van der Waals surface area contributed by atoms with Gasteiger partial charge in [-0.1, -0.05) is 26.0 Å². The summed E-state index contributed by atoms with van der Waals surface area (Å²) in [5, 5.41) is 4.35. The summed E-state index contributed by atoms with van der Waals surface area (Å²) in [6.45, 7) is 3.94. The fraction of sp³-hybridized carbons (Fsp3) is 0.217. The van der Waals surface area contributed by atoms with Gasteiger partial charge in [0.25, 0.3) is 0 Å². The average molecular weight is 421 g/mol. The fourth-order valence-electron chi connectivity index (χ4n) is 2.99. The summed E-state index contributed by atoms with van der Waals surface area (Å²) in [6, 6.07) is 10.4. The van der Waals surface area contributed by atoms with Crippen molar-refractivity contribution in [1.29, 1.82) is 0 Å². The Hall–Kier alpha value is -3.94. The van der Waals surface area contributed by atoms with E-state index >= 15 is 0 Å². The highest BCUT2D eigenvalue weighted by Gasteiger charge is 2.23. The van der Waals surface area contributed by atoms with Crippen molar-refractivity contribution in [2.24, 2.45) is 0 Å². The number of methoxy groups -OCH3 is 2. The Bertz CT molecular complexity index is 1100. The predicted octanol–water partition coefficient (Wildman–Crippen LogP) is 3.80. The van der Waals surface area contributed by atoms with Crippen LogP contribution in [0.4, 0.5) is 0 Å². The Morgan fingerprint density at radius 2 is 1.90 bits per heavy atom. The number of nitrogens with zero attached hydrogens (tertiary/aromatic N) is 3.